The second-order valence-electron chi connectivity index (χ2n) is 8.33. The summed E-state index contributed by atoms with van der Waals surface area (Å²) in [5.41, 5.74) is 7.57. The number of amides is 1. The molecule has 3 aromatic rings. The Balaban J connectivity index is 1.76. The van der Waals surface area contributed by atoms with Crippen LogP contribution in [-0.2, 0) is 11.2 Å². The van der Waals surface area contributed by atoms with Gasteiger partial charge < -0.3 is 9.30 Å². The standard InChI is InChI=1S/C24H29N3O/c1-16-9-12-26(13-10-16)22(28)15-21-23(20-8-7-17(2)19(4)14-20)25-24-18(3)6-5-11-27(21)24/h5-8,11,14,16H,9-10,12-13,15H2,1-4H3. The minimum atomic E-state index is 0.209. The summed E-state index contributed by atoms with van der Waals surface area (Å²) in [7, 11) is 0. The van der Waals surface area contributed by atoms with Crippen molar-refractivity contribution in [2.24, 2.45) is 5.92 Å². The van der Waals surface area contributed by atoms with Gasteiger partial charge in [-0.15, -0.1) is 0 Å². The van der Waals surface area contributed by atoms with Crippen LogP contribution in [0, 0.1) is 26.7 Å². The lowest BCUT2D eigenvalue weighted by Gasteiger charge is -2.30. The SMILES string of the molecule is Cc1ccc(-c2nc3c(C)cccn3c2CC(=O)N2CCC(C)CC2)cc1C. The number of aromatic nitrogens is 2. The molecule has 1 aliphatic rings. The van der Waals surface area contributed by atoms with Crippen molar-refractivity contribution in [3.63, 3.8) is 0 Å². The van der Waals surface area contributed by atoms with Crippen LogP contribution in [0.15, 0.2) is 36.5 Å². The molecule has 4 heteroatoms. The molecule has 4 rings (SSSR count). The summed E-state index contributed by atoms with van der Waals surface area (Å²) >= 11 is 0. The van der Waals surface area contributed by atoms with Crippen molar-refractivity contribution in [2.75, 3.05) is 13.1 Å². The van der Waals surface area contributed by atoms with Gasteiger partial charge in [-0.3, -0.25) is 4.79 Å². The van der Waals surface area contributed by atoms with E-state index in [-0.39, 0.29) is 5.91 Å². The Morgan fingerprint density at radius 3 is 2.54 bits per heavy atom. The summed E-state index contributed by atoms with van der Waals surface area (Å²) in [4.78, 5) is 20.1. The van der Waals surface area contributed by atoms with E-state index in [1.165, 1.54) is 11.1 Å². The van der Waals surface area contributed by atoms with Gasteiger partial charge in [-0.2, -0.15) is 0 Å². The molecule has 0 radical (unpaired) electrons. The molecule has 0 aliphatic carbocycles. The van der Waals surface area contributed by atoms with Crippen molar-refractivity contribution in [3.8, 4) is 11.3 Å². The van der Waals surface area contributed by atoms with Crippen LogP contribution in [-0.4, -0.2) is 33.3 Å². The van der Waals surface area contributed by atoms with Crippen LogP contribution in [0.2, 0.25) is 0 Å². The molecule has 0 unspecified atom stereocenters. The first-order valence-corrected chi connectivity index (χ1v) is 10.3. The van der Waals surface area contributed by atoms with E-state index >= 15 is 0 Å². The highest BCUT2D eigenvalue weighted by Crippen LogP contribution is 2.28. The number of hydrogen-bond acceptors (Lipinski definition) is 2. The number of hydrogen-bond donors (Lipinski definition) is 0. The van der Waals surface area contributed by atoms with E-state index in [4.69, 9.17) is 4.98 Å². The number of piperidine rings is 1. The molecule has 3 heterocycles. The van der Waals surface area contributed by atoms with Gasteiger partial charge in [-0.1, -0.05) is 25.1 Å². The maximum Gasteiger partial charge on any atom is 0.228 e. The predicted molar refractivity (Wildman–Crippen MR) is 114 cm³/mol. The maximum atomic E-state index is 13.1. The number of carbonyl (C=O) groups is 1. The fourth-order valence-electron chi connectivity index (χ4n) is 4.05. The van der Waals surface area contributed by atoms with Gasteiger partial charge in [-0.25, -0.2) is 4.98 Å². The molecule has 0 bridgehead atoms. The zero-order chi connectivity index (χ0) is 19.8. The van der Waals surface area contributed by atoms with Crippen molar-refractivity contribution < 1.29 is 4.79 Å². The van der Waals surface area contributed by atoms with E-state index in [1.54, 1.807) is 0 Å². The quantitative estimate of drug-likeness (QED) is 0.664. The number of aryl methyl sites for hydroxylation is 3. The van der Waals surface area contributed by atoms with Gasteiger partial charge >= 0.3 is 0 Å². The van der Waals surface area contributed by atoms with Crippen LogP contribution in [0.5, 0.6) is 0 Å². The Kier molecular flexibility index (Phi) is 4.96. The van der Waals surface area contributed by atoms with Crippen molar-refractivity contribution in [3.05, 3.63) is 58.9 Å². The van der Waals surface area contributed by atoms with Crippen molar-refractivity contribution in [2.45, 2.75) is 47.0 Å². The molecule has 2 aromatic heterocycles. The first-order valence-electron chi connectivity index (χ1n) is 10.3. The molecule has 1 fully saturated rings. The van der Waals surface area contributed by atoms with E-state index < -0.39 is 0 Å². The van der Waals surface area contributed by atoms with Gasteiger partial charge in [0.15, 0.2) is 0 Å². The molecule has 1 aromatic carbocycles. The second-order valence-corrected chi connectivity index (χ2v) is 8.33. The lowest BCUT2D eigenvalue weighted by molar-refractivity contribution is -0.131. The lowest BCUT2D eigenvalue weighted by Crippen LogP contribution is -2.39. The summed E-state index contributed by atoms with van der Waals surface area (Å²) in [6, 6.07) is 10.5. The first kappa shape index (κ1) is 18.7. The number of nitrogens with zero attached hydrogens (tertiary/aromatic N) is 3. The largest absolute Gasteiger partial charge is 0.342 e. The number of pyridine rings is 1. The number of fused-ring (bicyclic) bond motifs is 1. The third-order valence-corrected chi connectivity index (χ3v) is 6.18. The highest BCUT2D eigenvalue weighted by Gasteiger charge is 2.24. The Labute approximate surface area is 167 Å². The molecule has 28 heavy (non-hydrogen) atoms. The molecular weight excluding hydrogens is 346 g/mol. The third kappa shape index (κ3) is 3.44. The highest BCUT2D eigenvalue weighted by molar-refractivity contribution is 5.82. The minimum Gasteiger partial charge on any atom is -0.342 e. The van der Waals surface area contributed by atoms with E-state index in [0.29, 0.717) is 12.3 Å². The molecule has 0 atom stereocenters. The van der Waals surface area contributed by atoms with E-state index in [2.05, 4.69) is 56.4 Å². The fourth-order valence-corrected chi connectivity index (χ4v) is 4.05. The molecule has 146 valence electrons. The number of rotatable bonds is 3. The normalized spacial score (nSPS) is 15.4. The monoisotopic (exact) mass is 375 g/mol. The second kappa shape index (κ2) is 7.42. The van der Waals surface area contributed by atoms with Crippen molar-refractivity contribution in [1.82, 2.24) is 14.3 Å². The molecule has 1 amide bonds. The Bertz CT molecular complexity index is 1030. The summed E-state index contributed by atoms with van der Waals surface area (Å²) < 4.78 is 2.10. The maximum absolute atomic E-state index is 13.1. The number of carbonyl (C=O) groups excluding carboxylic acids is 1. The molecular formula is C24H29N3O. The summed E-state index contributed by atoms with van der Waals surface area (Å²) in [5, 5.41) is 0. The zero-order valence-electron chi connectivity index (χ0n) is 17.3. The van der Waals surface area contributed by atoms with Gasteiger partial charge in [0, 0.05) is 24.8 Å². The Morgan fingerprint density at radius 1 is 1.07 bits per heavy atom. The van der Waals surface area contributed by atoms with Crippen LogP contribution in [0.4, 0.5) is 0 Å². The fraction of sp³-hybridized carbons (Fsp3) is 0.417. The van der Waals surface area contributed by atoms with Crippen LogP contribution < -0.4 is 0 Å². The lowest BCUT2D eigenvalue weighted by atomic mass is 9.98. The molecule has 4 nitrogen and oxygen atoms in total. The minimum absolute atomic E-state index is 0.209. The van der Waals surface area contributed by atoms with Gasteiger partial charge in [0.2, 0.25) is 5.91 Å². The summed E-state index contributed by atoms with van der Waals surface area (Å²) in [6.45, 7) is 10.3. The van der Waals surface area contributed by atoms with E-state index in [9.17, 15) is 4.79 Å². The van der Waals surface area contributed by atoms with Gasteiger partial charge in [0.25, 0.3) is 0 Å². The van der Waals surface area contributed by atoms with Crippen LogP contribution in [0.1, 0.15) is 42.1 Å². The first-order chi connectivity index (χ1) is 13.4. The highest BCUT2D eigenvalue weighted by atomic mass is 16.2. The van der Waals surface area contributed by atoms with Crippen molar-refractivity contribution >= 4 is 11.6 Å². The number of likely N-dealkylation sites (tertiary alicyclic amines) is 1. The molecule has 1 aliphatic heterocycles. The average Bonchev–Trinajstić information content (AvgIpc) is 3.04. The van der Waals surface area contributed by atoms with Crippen LogP contribution in [0.25, 0.3) is 16.9 Å². The number of benzene rings is 1. The predicted octanol–water partition coefficient (Wildman–Crippen LogP) is 4.73. The zero-order valence-corrected chi connectivity index (χ0v) is 17.3. The Hall–Kier alpha value is -2.62. The van der Waals surface area contributed by atoms with Gasteiger partial charge in [0.1, 0.15) is 5.65 Å². The molecule has 0 N–H and O–H groups in total. The van der Waals surface area contributed by atoms with Crippen molar-refractivity contribution in [1.29, 1.82) is 0 Å². The van der Waals surface area contributed by atoms with Crippen LogP contribution >= 0.6 is 0 Å². The average molecular weight is 376 g/mol. The van der Waals surface area contributed by atoms with E-state index in [0.717, 1.165) is 54.1 Å². The Morgan fingerprint density at radius 2 is 1.82 bits per heavy atom. The smallest absolute Gasteiger partial charge is 0.228 e. The van der Waals surface area contributed by atoms with Crippen LogP contribution in [0.3, 0.4) is 0 Å². The molecule has 1 saturated heterocycles. The third-order valence-electron chi connectivity index (χ3n) is 6.18. The molecule has 0 spiro atoms. The van der Waals surface area contributed by atoms with E-state index in [1.807, 2.05) is 17.2 Å². The van der Waals surface area contributed by atoms with Gasteiger partial charge in [-0.05, 0) is 68.4 Å². The summed E-state index contributed by atoms with van der Waals surface area (Å²) in [5.74, 6) is 0.925. The summed E-state index contributed by atoms with van der Waals surface area (Å²) in [6.07, 6.45) is 4.62. The van der Waals surface area contributed by atoms with Gasteiger partial charge in [0.05, 0.1) is 17.8 Å². The number of imidazole rings is 1. The topological polar surface area (TPSA) is 37.6 Å². The molecule has 0 saturated carbocycles.